The molecule has 0 spiro atoms. The van der Waals surface area contributed by atoms with Crippen molar-refractivity contribution in [3.05, 3.63) is 34.9 Å². The lowest BCUT2D eigenvalue weighted by Crippen LogP contribution is -2.50. The van der Waals surface area contributed by atoms with E-state index in [0.717, 1.165) is 24.9 Å². The van der Waals surface area contributed by atoms with Gasteiger partial charge in [0.15, 0.2) is 0 Å². The molecule has 3 nitrogen and oxygen atoms in total. The van der Waals surface area contributed by atoms with Gasteiger partial charge in [0.1, 0.15) is 0 Å². The van der Waals surface area contributed by atoms with Crippen molar-refractivity contribution in [2.24, 2.45) is 11.7 Å². The SMILES string of the molecule is CCC1CCN(C(=O)Cc2ccccc2Cl)C(CN)C1. The Kier molecular flexibility index (Phi) is 5.44. The first kappa shape index (κ1) is 15.3. The van der Waals surface area contributed by atoms with Crippen LogP contribution in [-0.2, 0) is 11.2 Å². The molecule has 4 heteroatoms. The highest BCUT2D eigenvalue weighted by Crippen LogP contribution is 2.26. The zero-order valence-electron chi connectivity index (χ0n) is 12.0. The monoisotopic (exact) mass is 294 g/mol. The van der Waals surface area contributed by atoms with Crippen LogP contribution in [0.3, 0.4) is 0 Å². The summed E-state index contributed by atoms with van der Waals surface area (Å²) in [4.78, 5) is 14.4. The highest BCUT2D eigenvalue weighted by Gasteiger charge is 2.29. The van der Waals surface area contributed by atoms with Crippen molar-refractivity contribution in [3.63, 3.8) is 0 Å². The van der Waals surface area contributed by atoms with E-state index < -0.39 is 0 Å². The molecule has 1 amide bonds. The summed E-state index contributed by atoms with van der Waals surface area (Å²) in [6.45, 7) is 3.58. The van der Waals surface area contributed by atoms with Gasteiger partial charge in [-0.1, -0.05) is 43.1 Å². The molecule has 1 aliphatic rings. The van der Waals surface area contributed by atoms with Gasteiger partial charge in [0, 0.05) is 24.2 Å². The standard InChI is InChI=1S/C16H23ClN2O/c1-2-12-7-8-19(14(9-12)11-18)16(20)10-13-5-3-4-6-15(13)17/h3-6,12,14H,2,7-11,18H2,1H3. The number of piperidine rings is 1. The molecular formula is C16H23ClN2O. The molecule has 1 heterocycles. The summed E-state index contributed by atoms with van der Waals surface area (Å²) in [5.41, 5.74) is 6.75. The molecule has 2 N–H and O–H groups in total. The Bertz CT molecular complexity index is 464. The van der Waals surface area contributed by atoms with E-state index >= 15 is 0 Å². The van der Waals surface area contributed by atoms with Crippen molar-refractivity contribution in [1.29, 1.82) is 0 Å². The van der Waals surface area contributed by atoms with Gasteiger partial charge in [0.25, 0.3) is 0 Å². The Morgan fingerprint density at radius 2 is 2.20 bits per heavy atom. The Morgan fingerprint density at radius 3 is 2.85 bits per heavy atom. The van der Waals surface area contributed by atoms with E-state index in [1.807, 2.05) is 29.2 Å². The normalized spacial score (nSPS) is 22.9. The first-order valence-corrected chi connectivity index (χ1v) is 7.76. The highest BCUT2D eigenvalue weighted by atomic mass is 35.5. The third-order valence-corrected chi connectivity index (χ3v) is 4.66. The number of halogens is 1. The van der Waals surface area contributed by atoms with E-state index in [4.69, 9.17) is 17.3 Å². The Labute approximate surface area is 126 Å². The fourth-order valence-electron chi connectivity index (χ4n) is 2.96. The molecule has 1 fully saturated rings. The van der Waals surface area contributed by atoms with Gasteiger partial charge in [-0.15, -0.1) is 0 Å². The van der Waals surface area contributed by atoms with Gasteiger partial charge in [-0.25, -0.2) is 0 Å². The van der Waals surface area contributed by atoms with Gasteiger partial charge in [-0.05, 0) is 30.4 Å². The number of nitrogens with zero attached hydrogens (tertiary/aromatic N) is 1. The van der Waals surface area contributed by atoms with Gasteiger partial charge in [-0.3, -0.25) is 4.79 Å². The van der Waals surface area contributed by atoms with Crippen molar-refractivity contribution in [3.8, 4) is 0 Å². The van der Waals surface area contributed by atoms with Crippen LogP contribution in [0.2, 0.25) is 5.02 Å². The van der Waals surface area contributed by atoms with Crippen molar-refractivity contribution < 1.29 is 4.79 Å². The largest absolute Gasteiger partial charge is 0.338 e. The summed E-state index contributed by atoms with van der Waals surface area (Å²) in [6.07, 6.45) is 3.65. The lowest BCUT2D eigenvalue weighted by Gasteiger charge is -2.39. The van der Waals surface area contributed by atoms with Crippen LogP contribution in [0.25, 0.3) is 0 Å². The predicted molar refractivity (Wildman–Crippen MR) is 82.7 cm³/mol. The molecule has 1 aromatic carbocycles. The first-order valence-electron chi connectivity index (χ1n) is 7.38. The second-order valence-electron chi connectivity index (χ2n) is 5.54. The van der Waals surface area contributed by atoms with E-state index in [2.05, 4.69) is 6.92 Å². The predicted octanol–water partition coefficient (Wildman–Crippen LogP) is 2.86. The third-order valence-electron chi connectivity index (χ3n) is 4.29. The molecule has 1 aromatic rings. The molecule has 2 rings (SSSR count). The topological polar surface area (TPSA) is 46.3 Å². The zero-order chi connectivity index (χ0) is 14.5. The maximum absolute atomic E-state index is 12.5. The summed E-state index contributed by atoms with van der Waals surface area (Å²) >= 11 is 6.13. The third kappa shape index (κ3) is 3.53. The number of amides is 1. The van der Waals surface area contributed by atoms with Gasteiger partial charge in [0.05, 0.1) is 6.42 Å². The van der Waals surface area contributed by atoms with Crippen LogP contribution >= 0.6 is 11.6 Å². The molecule has 0 radical (unpaired) electrons. The van der Waals surface area contributed by atoms with E-state index in [0.29, 0.717) is 23.9 Å². The maximum atomic E-state index is 12.5. The molecule has 0 aliphatic carbocycles. The summed E-state index contributed by atoms with van der Waals surface area (Å²) in [7, 11) is 0. The number of carbonyl (C=O) groups is 1. The average Bonchev–Trinajstić information content (AvgIpc) is 2.48. The molecule has 2 unspecified atom stereocenters. The molecule has 2 atom stereocenters. The van der Waals surface area contributed by atoms with Crippen LogP contribution in [-0.4, -0.2) is 29.9 Å². The smallest absolute Gasteiger partial charge is 0.227 e. The summed E-state index contributed by atoms with van der Waals surface area (Å²) in [5, 5.41) is 0.661. The van der Waals surface area contributed by atoms with Crippen LogP contribution in [0.4, 0.5) is 0 Å². The lowest BCUT2D eigenvalue weighted by molar-refractivity contribution is -0.134. The van der Waals surface area contributed by atoms with Gasteiger partial charge in [0.2, 0.25) is 5.91 Å². The summed E-state index contributed by atoms with van der Waals surface area (Å²) < 4.78 is 0. The Hall–Kier alpha value is -1.06. The Morgan fingerprint density at radius 1 is 1.45 bits per heavy atom. The number of nitrogens with two attached hydrogens (primary N) is 1. The first-order chi connectivity index (χ1) is 9.65. The van der Waals surface area contributed by atoms with E-state index in [-0.39, 0.29) is 11.9 Å². The van der Waals surface area contributed by atoms with Gasteiger partial charge < -0.3 is 10.6 Å². The lowest BCUT2D eigenvalue weighted by atomic mass is 9.88. The fourth-order valence-corrected chi connectivity index (χ4v) is 3.17. The van der Waals surface area contributed by atoms with E-state index in [9.17, 15) is 4.79 Å². The average molecular weight is 295 g/mol. The van der Waals surface area contributed by atoms with E-state index in [1.165, 1.54) is 6.42 Å². The quantitative estimate of drug-likeness (QED) is 0.928. The van der Waals surface area contributed by atoms with Crippen LogP contribution in [0.1, 0.15) is 31.7 Å². The number of rotatable bonds is 4. The van der Waals surface area contributed by atoms with E-state index in [1.54, 1.807) is 0 Å². The fraction of sp³-hybridized carbons (Fsp3) is 0.562. The minimum Gasteiger partial charge on any atom is -0.338 e. The maximum Gasteiger partial charge on any atom is 0.227 e. The van der Waals surface area contributed by atoms with Crippen molar-refractivity contribution in [1.82, 2.24) is 4.90 Å². The molecule has 0 aromatic heterocycles. The molecule has 1 aliphatic heterocycles. The van der Waals surface area contributed by atoms with Crippen molar-refractivity contribution in [2.75, 3.05) is 13.1 Å². The minimum atomic E-state index is 0.142. The zero-order valence-corrected chi connectivity index (χ0v) is 12.8. The van der Waals surface area contributed by atoms with Crippen LogP contribution < -0.4 is 5.73 Å². The van der Waals surface area contributed by atoms with Crippen molar-refractivity contribution in [2.45, 2.75) is 38.6 Å². The number of benzene rings is 1. The molecular weight excluding hydrogens is 272 g/mol. The second kappa shape index (κ2) is 7.09. The van der Waals surface area contributed by atoms with Crippen LogP contribution in [0.5, 0.6) is 0 Å². The molecule has 110 valence electrons. The summed E-state index contributed by atoms with van der Waals surface area (Å²) in [5.74, 6) is 0.844. The molecule has 1 saturated heterocycles. The van der Waals surface area contributed by atoms with Crippen LogP contribution in [0, 0.1) is 5.92 Å². The van der Waals surface area contributed by atoms with Gasteiger partial charge in [-0.2, -0.15) is 0 Å². The van der Waals surface area contributed by atoms with Crippen molar-refractivity contribution >= 4 is 17.5 Å². The molecule has 0 bridgehead atoms. The number of hydrogen-bond donors (Lipinski definition) is 1. The molecule has 0 saturated carbocycles. The second-order valence-corrected chi connectivity index (χ2v) is 5.95. The number of hydrogen-bond acceptors (Lipinski definition) is 2. The minimum absolute atomic E-state index is 0.142. The van der Waals surface area contributed by atoms with Gasteiger partial charge >= 0.3 is 0 Å². The Balaban J connectivity index is 2.03. The highest BCUT2D eigenvalue weighted by molar-refractivity contribution is 6.31. The molecule has 20 heavy (non-hydrogen) atoms. The van der Waals surface area contributed by atoms with Crippen LogP contribution in [0.15, 0.2) is 24.3 Å². The summed E-state index contributed by atoms with van der Waals surface area (Å²) in [6, 6.07) is 7.72. The number of carbonyl (C=O) groups excluding carboxylic acids is 1. The number of likely N-dealkylation sites (tertiary alicyclic amines) is 1.